The minimum absolute atomic E-state index is 0.230. The van der Waals surface area contributed by atoms with Crippen molar-refractivity contribution in [1.29, 1.82) is 0 Å². The summed E-state index contributed by atoms with van der Waals surface area (Å²) in [6.45, 7) is 8.78. The van der Waals surface area contributed by atoms with Gasteiger partial charge in [0.25, 0.3) is 0 Å². The van der Waals surface area contributed by atoms with Gasteiger partial charge in [0, 0.05) is 11.3 Å². The number of aryl methyl sites for hydroxylation is 1. The zero-order valence-electron chi connectivity index (χ0n) is 13.8. The minimum atomic E-state index is 0.230. The number of nitrogens with zero attached hydrogens (tertiary/aromatic N) is 2. The molecule has 1 saturated heterocycles. The van der Waals surface area contributed by atoms with Crippen LogP contribution in [0.3, 0.4) is 0 Å². The molecule has 21 heavy (non-hydrogen) atoms. The molecule has 1 aliphatic rings. The molecule has 0 radical (unpaired) electrons. The van der Waals surface area contributed by atoms with E-state index >= 15 is 0 Å². The Hall–Kier alpha value is -0.680. The summed E-state index contributed by atoms with van der Waals surface area (Å²) in [4.78, 5) is 0. The smallest absolute Gasteiger partial charge is 0.161 e. The quantitative estimate of drug-likeness (QED) is 0.796. The molecule has 4 nitrogen and oxygen atoms in total. The molecule has 0 amide bonds. The molecule has 2 rings (SSSR count). The number of thioether (sulfide) groups is 1. The predicted octanol–water partition coefficient (Wildman–Crippen LogP) is 3.63. The number of aromatic nitrogens is 2. The van der Waals surface area contributed by atoms with Crippen molar-refractivity contribution in [3.63, 3.8) is 0 Å². The number of ether oxygens (including phenoxy) is 1. The van der Waals surface area contributed by atoms with Crippen LogP contribution in [0.25, 0.3) is 0 Å². The number of hydrogen-bond donors (Lipinski definition) is 1. The first kappa shape index (κ1) is 16.7. The van der Waals surface area contributed by atoms with Crippen molar-refractivity contribution < 1.29 is 4.74 Å². The monoisotopic (exact) mass is 311 g/mol. The molecule has 0 aromatic carbocycles. The second-order valence-corrected chi connectivity index (χ2v) is 7.60. The van der Waals surface area contributed by atoms with Gasteiger partial charge >= 0.3 is 0 Å². The summed E-state index contributed by atoms with van der Waals surface area (Å²) in [7, 11) is 1.75. The van der Waals surface area contributed by atoms with E-state index in [4.69, 9.17) is 4.74 Å². The molecule has 5 heteroatoms. The summed E-state index contributed by atoms with van der Waals surface area (Å²) < 4.78 is 7.97. The largest absolute Gasteiger partial charge is 0.493 e. The van der Waals surface area contributed by atoms with E-state index in [1.807, 2.05) is 6.20 Å². The van der Waals surface area contributed by atoms with Crippen LogP contribution in [0.1, 0.15) is 58.2 Å². The molecule has 0 aliphatic carbocycles. The first-order valence-corrected chi connectivity index (χ1v) is 9.11. The SMILES string of the molecule is CCCNC(c1c(OC)cnn1CCC)C1(C)CCCS1. The van der Waals surface area contributed by atoms with Gasteiger partial charge in [-0.3, -0.25) is 4.68 Å². The van der Waals surface area contributed by atoms with E-state index in [1.54, 1.807) is 7.11 Å². The fraction of sp³-hybridized carbons (Fsp3) is 0.812. The van der Waals surface area contributed by atoms with Crippen LogP contribution < -0.4 is 10.1 Å². The Morgan fingerprint density at radius 2 is 2.29 bits per heavy atom. The van der Waals surface area contributed by atoms with Crippen molar-refractivity contribution in [3.05, 3.63) is 11.9 Å². The van der Waals surface area contributed by atoms with Crippen LogP contribution >= 0.6 is 11.8 Å². The van der Waals surface area contributed by atoms with Crippen LogP contribution in [0.5, 0.6) is 5.75 Å². The molecule has 2 unspecified atom stereocenters. The van der Waals surface area contributed by atoms with Gasteiger partial charge in [-0.1, -0.05) is 13.8 Å². The van der Waals surface area contributed by atoms with E-state index in [0.717, 1.165) is 31.7 Å². The third kappa shape index (κ3) is 3.57. The summed E-state index contributed by atoms with van der Waals surface area (Å²) in [6, 6.07) is 0.300. The van der Waals surface area contributed by atoms with Crippen molar-refractivity contribution >= 4 is 11.8 Å². The predicted molar refractivity (Wildman–Crippen MR) is 90.2 cm³/mol. The van der Waals surface area contributed by atoms with Crippen molar-refractivity contribution in [2.24, 2.45) is 0 Å². The van der Waals surface area contributed by atoms with Crippen molar-refractivity contribution in [3.8, 4) is 5.75 Å². The van der Waals surface area contributed by atoms with Crippen LogP contribution in [-0.2, 0) is 6.54 Å². The van der Waals surface area contributed by atoms with Crippen LogP contribution in [0.4, 0.5) is 0 Å². The molecule has 1 aromatic heterocycles. The van der Waals surface area contributed by atoms with Gasteiger partial charge in [-0.25, -0.2) is 0 Å². The molecule has 2 atom stereocenters. The van der Waals surface area contributed by atoms with Crippen LogP contribution in [-0.4, -0.2) is 33.9 Å². The first-order chi connectivity index (χ1) is 10.2. The second-order valence-electron chi connectivity index (χ2n) is 5.97. The molecule has 1 N–H and O–H groups in total. The minimum Gasteiger partial charge on any atom is -0.493 e. The van der Waals surface area contributed by atoms with Gasteiger partial charge in [0.1, 0.15) is 0 Å². The molecular formula is C16H29N3OS. The lowest BCUT2D eigenvalue weighted by atomic mass is 9.92. The fourth-order valence-corrected chi connectivity index (χ4v) is 4.54. The highest BCUT2D eigenvalue weighted by molar-refractivity contribution is 8.00. The highest BCUT2D eigenvalue weighted by atomic mass is 32.2. The topological polar surface area (TPSA) is 39.1 Å². The molecule has 0 spiro atoms. The van der Waals surface area contributed by atoms with Gasteiger partial charge in [0.15, 0.2) is 5.75 Å². The lowest BCUT2D eigenvalue weighted by Crippen LogP contribution is -2.39. The van der Waals surface area contributed by atoms with E-state index in [1.165, 1.54) is 24.3 Å². The maximum absolute atomic E-state index is 5.61. The zero-order chi connectivity index (χ0) is 15.3. The average Bonchev–Trinajstić information content (AvgIpc) is 3.08. The summed E-state index contributed by atoms with van der Waals surface area (Å²) in [6.07, 6.45) is 6.65. The van der Waals surface area contributed by atoms with E-state index in [-0.39, 0.29) is 4.75 Å². The van der Waals surface area contributed by atoms with Crippen LogP contribution in [0.2, 0.25) is 0 Å². The molecule has 0 saturated carbocycles. The van der Waals surface area contributed by atoms with Crippen LogP contribution in [0, 0.1) is 0 Å². The second kappa shape index (κ2) is 7.54. The number of methoxy groups -OCH3 is 1. The Morgan fingerprint density at radius 3 is 2.86 bits per heavy atom. The van der Waals surface area contributed by atoms with Crippen LogP contribution in [0.15, 0.2) is 6.20 Å². The maximum Gasteiger partial charge on any atom is 0.161 e. The Morgan fingerprint density at radius 1 is 1.48 bits per heavy atom. The lowest BCUT2D eigenvalue weighted by molar-refractivity contribution is 0.354. The van der Waals surface area contributed by atoms with Gasteiger partial charge in [0.05, 0.1) is 25.0 Å². The summed E-state index contributed by atoms with van der Waals surface area (Å²) >= 11 is 2.09. The number of rotatable bonds is 8. The van der Waals surface area contributed by atoms with Gasteiger partial charge < -0.3 is 10.1 Å². The van der Waals surface area contributed by atoms with E-state index in [9.17, 15) is 0 Å². The molecule has 2 heterocycles. The standard InChI is InChI=1S/C16H29N3OS/c1-5-9-17-15(16(3)8-7-11-21-16)14-13(20-4)12-18-19(14)10-6-2/h12,15,17H,5-11H2,1-4H3. The molecule has 1 aromatic rings. The number of nitrogens with one attached hydrogen (secondary N) is 1. The molecule has 1 fully saturated rings. The lowest BCUT2D eigenvalue weighted by Gasteiger charge is -2.35. The maximum atomic E-state index is 5.61. The fourth-order valence-electron chi connectivity index (χ4n) is 3.14. The van der Waals surface area contributed by atoms with Gasteiger partial charge in [0.2, 0.25) is 0 Å². The first-order valence-electron chi connectivity index (χ1n) is 8.13. The molecule has 120 valence electrons. The van der Waals surface area contributed by atoms with Gasteiger partial charge in [-0.05, 0) is 44.9 Å². The Bertz CT molecular complexity index is 441. The Labute approximate surface area is 133 Å². The third-order valence-corrected chi connectivity index (χ3v) is 5.82. The van der Waals surface area contributed by atoms with Crippen molar-refractivity contribution in [1.82, 2.24) is 15.1 Å². The summed E-state index contributed by atoms with van der Waals surface area (Å²) in [5.41, 5.74) is 1.23. The third-order valence-electron chi connectivity index (χ3n) is 4.23. The van der Waals surface area contributed by atoms with Crippen molar-refractivity contribution in [2.45, 2.75) is 63.8 Å². The summed E-state index contributed by atoms with van der Waals surface area (Å²) in [5, 5.41) is 8.32. The van der Waals surface area contributed by atoms with Crippen molar-refractivity contribution in [2.75, 3.05) is 19.4 Å². The van der Waals surface area contributed by atoms with Gasteiger partial charge in [-0.2, -0.15) is 16.9 Å². The molecule has 0 bridgehead atoms. The Kier molecular flexibility index (Phi) is 5.99. The Balaban J connectivity index is 2.37. The molecule has 1 aliphatic heterocycles. The van der Waals surface area contributed by atoms with E-state index in [0.29, 0.717) is 6.04 Å². The summed E-state index contributed by atoms with van der Waals surface area (Å²) in [5.74, 6) is 2.18. The van der Waals surface area contributed by atoms with E-state index < -0.39 is 0 Å². The van der Waals surface area contributed by atoms with E-state index in [2.05, 4.69) is 47.6 Å². The normalized spacial score (nSPS) is 23.4. The molecular weight excluding hydrogens is 282 g/mol. The zero-order valence-corrected chi connectivity index (χ0v) is 14.6. The highest BCUT2D eigenvalue weighted by Crippen LogP contribution is 2.48. The average molecular weight is 311 g/mol. The highest BCUT2D eigenvalue weighted by Gasteiger charge is 2.41. The van der Waals surface area contributed by atoms with Gasteiger partial charge in [-0.15, -0.1) is 0 Å². The number of hydrogen-bond acceptors (Lipinski definition) is 4.